The van der Waals surface area contributed by atoms with E-state index in [9.17, 15) is 39.6 Å². The zero-order valence-corrected chi connectivity index (χ0v) is 16.9. The van der Waals surface area contributed by atoms with E-state index in [1.165, 1.54) is 4.90 Å². The average Bonchev–Trinajstić information content (AvgIpc) is 2.67. The number of amides is 1. The highest BCUT2D eigenvalue weighted by Crippen LogP contribution is 2.35. The standard InChI is InChI=1S/C18H16F6N4O3S/c19-14-12(2-1-3-13(14)32(25,30)31)27-16(29)11-8-10(18(22,23)24)9-26-15(11)28-6-4-17(20,21)5-7-28/h1-3,8-9H,4-7H2,(H,27,29)(H2,25,30,31). The van der Waals surface area contributed by atoms with E-state index in [-0.39, 0.29) is 18.9 Å². The lowest BCUT2D eigenvalue weighted by molar-refractivity contribution is -0.137. The number of hydrogen-bond donors (Lipinski definition) is 2. The molecule has 32 heavy (non-hydrogen) atoms. The summed E-state index contributed by atoms with van der Waals surface area (Å²) < 4.78 is 104. The fourth-order valence-electron chi connectivity index (χ4n) is 3.09. The third-order valence-corrected chi connectivity index (χ3v) is 5.68. The van der Waals surface area contributed by atoms with Crippen LogP contribution in [0.4, 0.5) is 37.8 Å². The normalized spacial score (nSPS) is 16.7. The van der Waals surface area contributed by atoms with Gasteiger partial charge in [0.2, 0.25) is 10.0 Å². The van der Waals surface area contributed by atoms with Gasteiger partial charge in [-0.15, -0.1) is 0 Å². The maximum absolute atomic E-state index is 14.5. The molecule has 2 aromatic rings. The lowest BCUT2D eigenvalue weighted by atomic mass is 10.1. The summed E-state index contributed by atoms with van der Waals surface area (Å²) in [6.45, 7) is -0.554. The number of piperidine rings is 1. The molecule has 0 atom stereocenters. The highest BCUT2D eigenvalue weighted by atomic mass is 32.2. The molecule has 1 aliphatic rings. The third-order valence-electron chi connectivity index (χ3n) is 4.75. The second kappa shape index (κ2) is 8.24. The van der Waals surface area contributed by atoms with Crippen LogP contribution in [0, 0.1) is 5.82 Å². The number of benzene rings is 1. The Hall–Kier alpha value is -2.87. The van der Waals surface area contributed by atoms with Crippen molar-refractivity contribution in [3.05, 3.63) is 47.4 Å². The number of halogens is 6. The lowest BCUT2D eigenvalue weighted by Gasteiger charge is -2.33. The fourth-order valence-corrected chi connectivity index (χ4v) is 3.72. The lowest BCUT2D eigenvalue weighted by Crippen LogP contribution is -2.40. The van der Waals surface area contributed by atoms with Crippen molar-refractivity contribution in [2.75, 3.05) is 23.3 Å². The summed E-state index contributed by atoms with van der Waals surface area (Å²) >= 11 is 0. The van der Waals surface area contributed by atoms with Crippen LogP contribution >= 0.6 is 0 Å². The number of aromatic nitrogens is 1. The number of rotatable bonds is 4. The van der Waals surface area contributed by atoms with Crippen LogP contribution in [0.3, 0.4) is 0 Å². The molecule has 14 heteroatoms. The first-order valence-electron chi connectivity index (χ1n) is 9.02. The van der Waals surface area contributed by atoms with Crippen molar-refractivity contribution in [3.63, 3.8) is 0 Å². The summed E-state index contributed by atoms with van der Waals surface area (Å²) in [5.41, 5.74) is -2.59. The van der Waals surface area contributed by atoms with Gasteiger partial charge in [-0.05, 0) is 18.2 Å². The second-order valence-electron chi connectivity index (χ2n) is 7.05. The van der Waals surface area contributed by atoms with Gasteiger partial charge in [0.1, 0.15) is 10.7 Å². The Morgan fingerprint density at radius 3 is 2.38 bits per heavy atom. The summed E-state index contributed by atoms with van der Waals surface area (Å²) in [6, 6.07) is 3.35. The van der Waals surface area contributed by atoms with Gasteiger partial charge in [0.15, 0.2) is 5.82 Å². The molecule has 3 rings (SSSR count). The quantitative estimate of drug-likeness (QED) is 0.651. The van der Waals surface area contributed by atoms with Crippen LogP contribution in [0.15, 0.2) is 35.4 Å². The average molecular weight is 482 g/mol. The fraction of sp³-hybridized carbons (Fsp3) is 0.333. The monoisotopic (exact) mass is 482 g/mol. The van der Waals surface area contributed by atoms with Gasteiger partial charge in [0.05, 0.1) is 16.8 Å². The number of pyridine rings is 1. The minimum atomic E-state index is -4.87. The first-order chi connectivity index (χ1) is 14.7. The Labute approximate surface area is 178 Å². The molecule has 7 nitrogen and oxygen atoms in total. The van der Waals surface area contributed by atoms with Crippen LogP contribution in [0.5, 0.6) is 0 Å². The highest BCUT2D eigenvalue weighted by Gasteiger charge is 2.37. The van der Waals surface area contributed by atoms with Crippen LogP contribution in [0.25, 0.3) is 0 Å². The Bertz CT molecular complexity index is 1140. The first kappa shape index (κ1) is 23.8. The van der Waals surface area contributed by atoms with Crippen molar-refractivity contribution in [3.8, 4) is 0 Å². The molecular weight excluding hydrogens is 466 g/mol. The Morgan fingerprint density at radius 1 is 1.19 bits per heavy atom. The molecule has 0 aliphatic carbocycles. The maximum atomic E-state index is 14.5. The number of nitrogens with one attached hydrogen (secondary N) is 1. The van der Waals surface area contributed by atoms with Crippen LogP contribution < -0.4 is 15.4 Å². The van der Waals surface area contributed by atoms with Crippen molar-refractivity contribution >= 4 is 27.4 Å². The number of hydrogen-bond acceptors (Lipinski definition) is 5. The molecule has 0 radical (unpaired) electrons. The Kier molecular flexibility index (Phi) is 6.12. The molecule has 0 spiro atoms. The molecule has 1 amide bonds. The molecule has 1 aliphatic heterocycles. The van der Waals surface area contributed by atoms with Gasteiger partial charge in [-0.25, -0.2) is 31.7 Å². The van der Waals surface area contributed by atoms with Crippen LogP contribution in [-0.4, -0.2) is 38.3 Å². The van der Waals surface area contributed by atoms with E-state index in [4.69, 9.17) is 5.14 Å². The zero-order valence-electron chi connectivity index (χ0n) is 16.1. The SMILES string of the molecule is NS(=O)(=O)c1cccc(NC(=O)c2cc(C(F)(F)F)cnc2N2CCC(F)(F)CC2)c1F. The van der Waals surface area contributed by atoms with E-state index in [1.807, 2.05) is 5.32 Å². The van der Waals surface area contributed by atoms with Gasteiger partial charge in [0.25, 0.3) is 11.8 Å². The van der Waals surface area contributed by atoms with Gasteiger partial charge in [0, 0.05) is 32.1 Å². The Balaban J connectivity index is 2.01. The number of anilines is 2. The molecule has 0 unspecified atom stereocenters. The number of carbonyl (C=O) groups is 1. The van der Waals surface area contributed by atoms with E-state index < -0.39 is 68.4 Å². The van der Waals surface area contributed by atoms with Gasteiger partial charge in [-0.3, -0.25) is 4.79 Å². The molecule has 1 aromatic heterocycles. The zero-order chi connectivity index (χ0) is 23.9. The van der Waals surface area contributed by atoms with Crippen molar-refractivity contribution in [2.45, 2.75) is 29.8 Å². The molecule has 174 valence electrons. The third kappa shape index (κ3) is 5.12. The minimum absolute atomic E-state index is 0.277. The molecule has 1 fully saturated rings. The van der Waals surface area contributed by atoms with Gasteiger partial charge in [-0.1, -0.05) is 6.07 Å². The molecule has 1 aromatic carbocycles. The van der Waals surface area contributed by atoms with E-state index >= 15 is 0 Å². The van der Waals surface area contributed by atoms with E-state index in [0.717, 1.165) is 18.2 Å². The second-order valence-corrected chi connectivity index (χ2v) is 8.58. The summed E-state index contributed by atoms with van der Waals surface area (Å²) in [6.07, 6.45) is -5.60. The molecule has 1 saturated heterocycles. The van der Waals surface area contributed by atoms with Gasteiger partial charge in [-0.2, -0.15) is 13.2 Å². The summed E-state index contributed by atoms with van der Waals surface area (Å²) in [5.74, 6) is -5.92. The van der Waals surface area contributed by atoms with Crippen LogP contribution in [-0.2, 0) is 16.2 Å². The van der Waals surface area contributed by atoms with Gasteiger partial charge >= 0.3 is 6.18 Å². The van der Waals surface area contributed by atoms with E-state index in [1.54, 1.807) is 0 Å². The van der Waals surface area contributed by atoms with Crippen molar-refractivity contribution < 1.29 is 39.6 Å². The number of nitrogens with zero attached hydrogens (tertiary/aromatic N) is 2. The summed E-state index contributed by atoms with van der Waals surface area (Å²) in [7, 11) is -4.49. The molecule has 0 bridgehead atoms. The number of sulfonamides is 1. The molecule has 2 heterocycles. The van der Waals surface area contributed by atoms with E-state index in [2.05, 4.69) is 4.98 Å². The number of nitrogens with two attached hydrogens (primary N) is 1. The van der Waals surface area contributed by atoms with Gasteiger partial charge < -0.3 is 10.2 Å². The van der Waals surface area contributed by atoms with E-state index in [0.29, 0.717) is 12.3 Å². The van der Waals surface area contributed by atoms with Crippen molar-refractivity contribution in [1.29, 1.82) is 0 Å². The first-order valence-corrected chi connectivity index (χ1v) is 10.6. The van der Waals surface area contributed by atoms with Crippen molar-refractivity contribution in [2.24, 2.45) is 5.14 Å². The minimum Gasteiger partial charge on any atom is -0.356 e. The Morgan fingerprint density at radius 2 is 1.81 bits per heavy atom. The maximum Gasteiger partial charge on any atom is 0.417 e. The molecule has 0 saturated carbocycles. The largest absolute Gasteiger partial charge is 0.417 e. The summed E-state index contributed by atoms with van der Waals surface area (Å²) in [5, 5.41) is 6.89. The van der Waals surface area contributed by atoms with Crippen LogP contribution in [0.1, 0.15) is 28.8 Å². The number of alkyl halides is 5. The molecular formula is C18H16F6N4O3S. The topological polar surface area (TPSA) is 105 Å². The van der Waals surface area contributed by atoms with Crippen LogP contribution in [0.2, 0.25) is 0 Å². The molecule has 3 N–H and O–H groups in total. The highest BCUT2D eigenvalue weighted by molar-refractivity contribution is 7.89. The predicted molar refractivity (Wildman–Crippen MR) is 101 cm³/mol. The summed E-state index contributed by atoms with van der Waals surface area (Å²) in [4.78, 5) is 16.7. The smallest absolute Gasteiger partial charge is 0.356 e. The number of primary sulfonamides is 1. The predicted octanol–water partition coefficient (Wildman–Crippen LogP) is 3.37. The number of carbonyl (C=O) groups excluding carboxylic acids is 1. The van der Waals surface area contributed by atoms with Crippen molar-refractivity contribution in [1.82, 2.24) is 4.98 Å².